The second kappa shape index (κ2) is 7.17. The first-order chi connectivity index (χ1) is 12.1. The summed E-state index contributed by atoms with van der Waals surface area (Å²) in [5.74, 6) is 0.419. The van der Waals surface area contributed by atoms with E-state index < -0.39 is 0 Å². The molecule has 0 aliphatic carbocycles. The number of fused-ring (bicyclic) bond motifs is 1. The first-order valence-corrected chi connectivity index (χ1v) is 7.78. The van der Waals surface area contributed by atoms with Crippen LogP contribution in [0.25, 0.3) is 10.9 Å². The Kier molecular flexibility index (Phi) is 4.79. The number of carbonyl (C=O) groups excluding carboxylic acids is 1. The molecule has 2 aromatic carbocycles. The summed E-state index contributed by atoms with van der Waals surface area (Å²) in [6, 6.07) is 12.7. The highest BCUT2D eigenvalue weighted by molar-refractivity contribution is 5.80. The summed E-state index contributed by atoms with van der Waals surface area (Å²) < 4.78 is 11.4. The van der Waals surface area contributed by atoms with Crippen molar-refractivity contribution < 1.29 is 14.3 Å². The molecule has 25 heavy (non-hydrogen) atoms. The molecule has 0 fully saturated rings. The Hall–Kier alpha value is -3.15. The molecule has 3 aromatic rings. The lowest BCUT2D eigenvalue weighted by atomic mass is 10.1. The van der Waals surface area contributed by atoms with Crippen LogP contribution in [0.4, 0.5) is 0 Å². The van der Waals surface area contributed by atoms with E-state index in [0.29, 0.717) is 17.4 Å². The fraction of sp³-hybridized carbons (Fsp3) is 0.211. The predicted octanol–water partition coefficient (Wildman–Crippen LogP) is 2.17. The lowest BCUT2D eigenvalue weighted by Gasteiger charge is -2.08. The third-order valence-electron chi connectivity index (χ3n) is 3.98. The topological polar surface area (TPSA) is 70.4 Å². The smallest absolute Gasteiger partial charge is 0.309 e. The quantitative estimate of drug-likeness (QED) is 0.667. The Labute approximate surface area is 144 Å². The number of carbonyl (C=O) groups is 1. The van der Waals surface area contributed by atoms with Gasteiger partial charge in [0.1, 0.15) is 5.75 Å². The zero-order valence-electron chi connectivity index (χ0n) is 14.1. The van der Waals surface area contributed by atoms with Gasteiger partial charge in [-0.15, -0.1) is 0 Å². The van der Waals surface area contributed by atoms with Gasteiger partial charge in [-0.1, -0.05) is 18.2 Å². The number of hydrogen-bond donors (Lipinski definition) is 0. The molecule has 0 aliphatic rings. The van der Waals surface area contributed by atoms with Gasteiger partial charge in [0, 0.05) is 0 Å². The number of rotatable bonds is 5. The zero-order valence-corrected chi connectivity index (χ0v) is 14.1. The van der Waals surface area contributed by atoms with Gasteiger partial charge in [0.25, 0.3) is 5.56 Å². The average molecular weight is 338 g/mol. The van der Waals surface area contributed by atoms with Gasteiger partial charge in [-0.2, -0.15) is 0 Å². The molecule has 1 aromatic heterocycles. The van der Waals surface area contributed by atoms with Crippen LogP contribution in [-0.4, -0.2) is 29.7 Å². The largest absolute Gasteiger partial charge is 0.497 e. The molecular weight excluding hydrogens is 320 g/mol. The van der Waals surface area contributed by atoms with Crippen molar-refractivity contribution in [1.29, 1.82) is 0 Å². The van der Waals surface area contributed by atoms with Gasteiger partial charge in [0.15, 0.2) is 0 Å². The van der Waals surface area contributed by atoms with Gasteiger partial charge >= 0.3 is 5.97 Å². The molecule has 0 unspecified atom stereocenters. The van der Waals surface area contributed by atoms with Crippen LogP contribution in [0.1, 0.15) is 11.1 Å². The van der Waals surface area contributed by atoms with Crippen LogP contribution < -0.4 is 10.3 Å². The number of benzene rings is 2. The fourth-order valence-electron chi connectivity index (χ4n) is 2.60. The Balaban J connectivity index is 1.94. The van der Waals surface area contributed by atoms with Gasteiger partial charge in [0.05, 0.1) is 44.4 Å². The molecular formula is C19H18N2O4. The molecule has 6 nitrogen and oxygen atoms in total. The van der Waals surface area contributed by atoms with E-state index in [1.54, 1.807) is 29.9 Å². The zero-order chi connectivity index (χ0) is 17.8. The van der Waals surface area contributed by atoms with Gasteiger partial charge in [-0.25, -0.2) is 4.98 Å². The van der Waals surface area contributed by atoms with Crippen LogP contribution in [0.2, 0.25) is 0 Å². The standard InChI is InChI=1S/C19H18N2O4/c1-24-15-6-3-13(4-7-15)11-21-12-20-17-8-5-14(10-18(22)25-2)9-16(17)19(21)23/h3-9,12H,10-11H2,1-2H3. The first kappa shape index (κ1) is 16.7. The normalized spacial score (nSPS) is 10.6. The maximum Gasteiger partial charge on any atom is 0.309 e. The Morgan fingerprint density at radius 3 is 2.48 bits per heavy atom. The van der Waals surface area contributed by atoms with Crippen LogP contribution in [0.5, 0.6) is 5.75 Å². The molecule has 1 heterocycles. The SMILES string of the molecule is COC(=O)Cc1ccc2ncn(Cc3ccc(OC)cc3)c(=O)c2c1. The number of ether oxygens (including phenoxy) is 2. The van der Waals surface area contributed by atoms with Crippen molar-refractivity contribution in [2.24, 2.45) is 0 Å². The van der Waals surface area contributed by atoms with E-state index in [-0.39, 0.29) is 17.9 Å². The van der Waals surface area contributed by atoms with Crippen molar-refractivity contribution in [2.75, 3.05) is 14.2 Å². The van der Waals surface area contributed by atoms with Crippen LogP contribution in [-0.2, 0) is 22.5 Å². The first-order valence-electron chi connectivity index (χ1n) is 7.78. The van der Waals surface area contributed by atoms with Gasteiger partial charge in [0.2, 0.25) is 0 Å². The van der Waals surface area contributed by atoms with Crippen molar-refractivity contribution in [2.45, 2.75) is 13.0 Å². The van der Waals surface area contributed by atoms with Gasteiger partial charge in [-0.05, 0) is 35.4 Å². The molecule has 3 rings (SSSR count). The van der Waals surface area contributed by atoms with E-state index in [1.807, 2.05) is 24.3 Å². The molecule has 0 radical (unpaired) electrons. The number of esters is 1. The summed E-state index contributed by atoms with van der Waals surface area (Å²) in [5.41, 5.74) is 2.15. The number of aromatic nitrogens is 2. The maximum atomic E-state index is 12.7. The van der Waals surface area contributed by atoms with Crippen LogP contribution in [0, 0.1) is 0 Å². The minimum absolute atomic E-state index is 0.124. The molecule has 0 saturated heterocycles. The maximum absolute atomic E-state index is 12.7. The highest BCUT2D eigenvalue weighted by Gasteiger charge is 2.09. The highest BCUT2D eigenvalue weighted by Crippen LogP contribution is 2.14. The summed E-state index contributed by atoms with van der Waals surface area (Å²) in [5, 5.41) is 0.484. The molecule has 0 spiro atoms. The van der Waals surface area contributed by atoms with Gasteiger partial charge < -0.3 is 9.47 Å². The number of methoxy groups -OCH3 is 2. The molecule has 0 saturated carbocycles. The molecule has 0 aliphatic heterocycles. The monoisotopic (exact) mass is 338 g/mol. The molecule has 0 atom stereocenters. The minimum Gasteiger partial charge on any atom is -0.497 e. The summed E-state index contributed by atoms with van der Waals surface area (Å²) in [4.78, 5) is 28.5. The summed E-state index contributed by atoms with van der Waals surface area (Å²) in [6.07, 6.45) is 1.66. The van der Waals surface area contributed by atoms with E-state index in [1.165, 1.54) is 13.4 Å². The van der Waals surface area contributed by atoms with Gasteiger partial charge in [-0.3, -0.25) is 14.2 Å². The van der Waals surface area contributed by atoms with E-state index in [9.17, 15) is 9.59 Å². The Bertz CT molecular complexity index is 961. The van der Waals surface area contributed by atoms with Crippen molar-refractivity contribution in [3.8, 4) is 5.75 Å². The summed E-state index contributed by atoms with van der Waals surface area (Å²) in [6.45, 7) is 0.410. The second-order valence-electron chi connectivity index (χ2n) is 5.63. The molecule has 0 N–H and O–H groups in total. The average Bonchev–Trinajstić information content (AvgIpc) is 2.65. The predicted molar refractivity (Wildman–Crippen MR) is 93.8 cm³/mol. The lowest BCUT2D eigenvalue weighted by molar-refractivity contribution is -0.139. The molecule has 0 bridgehead atoms. The van der Waals surface area contributed by atoms with Crippen LogP contribution in [0.3, 0.4) is 0 Å². The highest BCUT2D eigenvalue weighted by atomic mass is 16.5. The minimum atomic E-state index is -0.346. The number of nitrogens with zero attached hydrogens (tertiary/aromatic N) is 2. The third-order valence-corrected chi connectivity index (χ3v) is 3.98. The van der Waals surface area contributed by atoms with E-state index in [4.69, 9.17) is 4.74 Å². The number of hydrogen-bond acceptors (Lipinski definition) is 5. The van der Waals surface area contributed by atoms with E-state index in [0.717, 1.165) is 16.9 Å². The molecule has 0 amide bonds. The summed E-state index contributed by atoms with van der Waals surface area (Å²) in [7, 11) is 2.95. The fourth-order valence-corrected chi connectivity index (χ4v) is 2.60. The third kappa shape index (κ3) is 3.68. The molecule has 6 heteroatoms. The van der Waals surface area contributed by atoms with Crippen LogP contribution in [0.15, 0.2) is 53.6 Å². The lowest BCUT2D eigenvalue weighted by Crippen LogP contribution is -2.21. The van der Waals surface area contributed by atoms with Crippen molar-refractivity contribution in [1.82, 2.24) is 9.55 Å². The van der Waals surface area contributed by atoms with Crippen molar-refractivity contribution in [3.63, 3.8) is 0 Å². The summed E-state index contributed by atoms with van der Waals surface area (Å²) >= 11 is 0. The van der Waals surface area contributed by atoms with E-state index >= 15 is 0 Å². The van der Waals surface area contributed by atoms with Crippen molar-refractivity contribution in [3.05, 3.63) is 70.3 Å². The van der Waals surface area contributed by atoms with Crippen LogP contribution >= 0.6 is 0 Å². The van der Waals surface area contributed by atoms with Crippen molar-refractivity contribution >= 4 is 16.9 Å². The van der Waals surface area contributed by atoms with E-state index in [2.05, 4.69) is 9.72 Å². The second-order valence-corrected chi connectivity index (χ2v) is 5.63. The Morgan fingerprint density at radius 1 is 1.08 bits per heavy atom. The molecule has 128 valence electrons. The Morgan fingerprint density at radius 2 is 1.80 bits per heavy atom.